The zero-order valence-electron chi connectivity index (χ0n) is 20.3. The third-order valence-electron chi connectivity index (χ3n) is 5.93. The summed E-state index contributed by atoms with van der Waals surface area (Å²) in [7, 11) is 3.63. The number of hydrazine groups is 1. The van der Waals surface area contributed by atoms with Gasteiger partial charge in [0.25, 0.3) is 0 Å². The van der Waals surface area contributed by atoms with E-state index in [2.05, 4.69) is 90.3 Å². The first-order valence-electron chi connectivity index (χ1n) is 11.2. The molecule has 3 rings (SSSR count). The van der Waals surface area contributed by atoms with E-state index in [1.807, 2.05) is 52.3 Å². The number of amidine groups is 1. The summed E-state index contributed by atoms with van der Waals surface area (Å²) in [5.74, 6) is 0.717. The molecule has 0 fully saturated rings. The minimum Gasteiger partial charge on any atom is -0.317 e. The summed E-state index contributed by atoms with van der Waals surface area (Å²) in [4.78, 5) is 2.10. The van der Waals surface area contributed by atoms with E-state index in [0.717, 1.165) is 16.7 Å². The second-order valence-corrected chi connectivity index (χ2v) is 7.81. The Morgan fingerprint density at radius 1 is 0.853 bits per heavy atom. The van der Waals surface area contributed by atoms with Crippen LogP contribution in [-0.4, -0.2) is 35.0 Å². The first kappa shape index (κ1) is 24.3. The maximum absolute atomic E-state index is 9.45. The van der Waals surface area contributed by atoms with Gasteiger partial charge in [0.05, 0.1) is 0 Å². The predicted octanol–water partition coefficient (Wildman–Crippen LogP) is 5.96. The molecule has 0 saturated carbocycles. The van der Waals surface area contributed by atoms with Crippen molar-refractivity contribution in [2.75, 3.05) is 14.1 Å². The van der Waals surface area contributed by atoms with Gasteiger partial charge < -0.3 is 4.90 Å². The van der Waals surface area contributed by atoms with Gasteiger partial charge in [0.2, 0.25) is 0 Å². The van der Waals surface area contributed by atoms with Crippen LogP contribution in [0.25, 0.3) is 0 Å². The molecule has 3 aromatic rings. The van der Waals surface area contributed by atoms with Gasteiger partial charge in [0.15, 0.2) is 0 Å². The van der Waals surface area contributed by atoms with Crippen molar-refractivity contribution >= 4 is 5.84 Å². The molecule has 0 spiro atoms. The molecule has 0 atom stereocenters. The van der Waals surface area contributed by atoms with Gasteiger partial charge in [-0.1, -0.05) is 104 Å². The van der Waals surface area contributed by atoms with Crippen LogP contribution >= 0.6 is 0 Å². The summed E-state index contributed by atoms with van der Waals surface area (Å²) in [6, 6.07) is 33.4. The highest BCUT2D eigenvalue weighted by molar-refractivity contribution is 5.83. The molecular formula is C29H31N5. The number of benzene rings is 3. The number of rotatable bonds is 8. The zero-order chi connectivity index (χ0) is 24.6. The quantitative estimate of drug-likeness (QED) is 0.140. The van der Waals surface area contributed by atoms with Gasteiger partial charge in [0.1, 0.15) is 23.1 Å². The molecule has 3 aromatic carbocycles. The highest BCUT2D eigenvalue weighted by Gasteiger charge is 2.42. The van der Waals surface area contributed by atoms with E-state index in [9.17, 15) is 5.26 Å². The van der Waals surface area contributed by atoms with E-state index in [4.69, 9.17) is 5.10 Å². The van der Waals surface area contributed by atoms with Crippen molar-refractivity contribution in [2.24, 2.45) is 5.10 Å². The van der Waals surface area contributed by atoms with Crippen LogP contribution in [0.2, 0.25) is 0 Å². The summed E-state index contributed by atoms with van der Waals surface area (Å²) in [6.45, 7) is 7.98. The number of allylic oxidation sites excluding steroid dienone is 2. The molecule has 34 heavy (non-hydrogen) atoms. The fourth-order valence-electron chi connectivity index (χ4n) is 4.27. The van der Waals surface area contributed by atoms with Crippen molar-refractivity contribution in [3.63, 3.8) is 0 Å². The molecule has 0 aliphatic rings. The summed E-state index contributed by atoms with van der Waals surface area (Å²) >= 11 is 0. The Kier molecular flexibility index (Phi) is 7.89. The Labute approximate surface area is 203 Å². The van der Waals surface area contributed by atoms with Crippen molar-refractivity contribution in [1.82, 2.24) is 15.0 Å². The summed E-state index contributed by atoms with van der Waals surface area (Å²) in [5.41, 5.74) is 3.05. The number of hydrazone groups is 1. The molecule has 0 heterocycles. The SMILES string of the molecule is C=CN(/C(C)=N/N(C)N(C)/C(C#N)=C\C)C(c1ccccc1)(c1ccccc1)c1ccccc1. The van der Waals surface area contributed by atoms with Gasteiger partial charge in [-0.3, -0.25) is 5.01 Å². The van der Waals surface area contributed by atoms with Crippen molar-refractivity contribution in [3.8, 4) is 6.07 Å². The first-order valence-corrected chi connectivity index (χ1v) is 11.2. The summed E-state index contributed by atoms with van der Waals surface area (Å²) < 4.78 is 0. The first-order chi connectivity index (χ1) is 16.5. The van der Waals surface area contributed by atoms with Crippen LogP contribution in [0.15, 0.2) is 121 Å². The molecule has 0 aliphatic carbocycles. The van der Waals surface area contributed by atoms with Crippen molar-refractivity contribution in [3.05, 3.63) is 132 Å². The molecule has 0 N–H and O–H groups in total. The van der Waals surface area contributed by atoms with Gasteiger partial charge in [0, 0.05) is 14.1 Å². The molecule has 172 valence electrons. The number of hydrogen-bond donors (Lipinski definition) is 0. The second-order valence-electron chi connectivity index (χ2n) is 7.81. The van der Waals surface area contributed by atoms with Crippen molar-refractivity contribution in [2.45, 2.75) is 19.4 Å². The Morgan fingerprint density at radius 3 is 1.59 bits per heavy atom. The third-order valence-corrected chi connectivity index (χ3v) is 5.93. The lowest BCUT2D eigenvalue weighted by Gasteiger charge is -2.45. The molecule has 0 aliphatic heterocycles. The maximum atomic E-state index is 9.45. The predicted molar refractivity (Wildman–Crippen MR) is 139 cm³/mol. The van der Waals surface area contributed by atoms with Gasteiger partial charge >= 0.3 is 0 Å². The molecule has 0 saturated heterocycles. The van der Waals surface area contributed by atoms with E-state index in [-0.39, 0.29) is 0 Å². The van der Waals surface area contributed by atoms with Crippen LogP contribution in [0.4, 0.5) is 0 Å². The Morgan fingerprint density at radius 2 is 1.26 bits per heavy atom. The minimum absolute atomic E-state index is 0.504. The molecule has 5 nitrogen and oxygen atoms in total. The Balaban J connectivity index is 2.29. The van der Waals surface area contributed by atoms with Crippen molar-refractivity contribution < 1.29 is 0 Å². The minimum atomic E-state index is -0.711. The molecular weight excluding hydrogens is 418 g/mol. The molecule has 0 unspecified atom stereocenters. The normalized spacial score (nSPS) is 12.0. The van der Waals surface area contributed by atoms with Crippen LogP contribution in [0.5, 0.6) is 0 Å². The van der Waals surface area contributed by atoms with Crippen molar-refractivity contribution in [1.29, 1.82) is 5.26 Å². The van der Waals surface area contributed by atoms with Crippen LogP contribution in [0.3, 0.4) is 0 Å². The average molecular weight is 450 g/mol. The van der Waals surface area contributed by atoms with Gasteiger partial charge in [-0.05, 0) is 36.7 Å². The molecule has 0 amide bonds. The van der Waals surface area contributed by atoms with E-state index < -0.39 is 5.54 Å². The maximum Gasteiger partial charge on any atom is 0.131 e. The van der Waals surface area contributed by atoms with E-state index in [1.165, 1.54) is 0 Å². The van der Waals surface area contributed by atoms with Crippen LogP contribution in [0.1, 0.15) is 30.5 Å². The summed E-state index contributed by atoms with van der Waals surface area (Å²) in [6.07, 6.45) is 3.58. The lowest BCUT2D eigenvalue weighted by molar-refractivity contribution is 0.0719. The number of nitriles is 1. The third kappa shape index (κ3) is 4.57. The van der Waals surface area contributed by atoms with E-state index >= 15 is 0 Å². The van der Waals surface area contributed by atoms with Gasteiger partial charge in [-0.25, -0.2) is 5.12 Å². The molecule has 0 bridgehead atoms. The van der Waals surface area contributed by atoms with Gasteiger partial charge in [-0.2, -0.15) is 5.26 Å². The van der Waals surface area contributed by atoms with E-state index in [0.29, 0.717) is 11.5 Å². The van der Waals surface area contributed by atoms with Crippen LogP contribution < -0.4 is 0 Å². The highest BCUT2D eigenvalue weighted by Crippen LogP contribution is 2.42. The highest BCUT2D eigenvalue weighted by atomic mass is 15.8. The fourth-order valence-corrected chi connectivity index (χ4v) is 4.27. The van der Waals surface area contributed by atoms with E-state index in [1.54, 1.807) is 16.2 Å². The summed E-state index contributed by atoms with van der Waals surface area (Å²) in [5, 5.41) is 17.7. The molecule has 0 radical (unpaired) electrons. The number of nitrogens with zero attached hydrogens (tertiary/aromatic N) is 5. The largest absolute Gasteiger partial charge is 0.317 e. The lowest BCUT2D eigenvalue weighted by atomic mass is 9.75. The molecule has 5 heteroatoms. The second kappa shape index (κ2) is 11.0. The van der Waals surface area contributed by atoms with Crippen LogP contribution in [0, 0.1) is 11.3 Å². The fraction of sp³-hybridized carbons (Fsp3) is 0.172. The Hall–Kier alpha value is -4.30. The topological polar surface area (TPSA) is 45.9 Å². The zero-order valence-corrected chi connectivity index (χ0v) is 20.3. The van der Waals surface area contributed by atoms with Gasteiger partial charge in [-0.15, -0.1) is 5.10 Å². The lowest BCUT2D eigenvalue weighted by Crippen LogP contribution is -2.48. The standard InChI is InChI=1S/C29H31N5/c1-6-28(23-30)32(4)33(5)31-24(3)34(7-2)29(25-17-11-8-12-18-25,26-19-13-9-14-20-26)27-21-15-10-16-22-27/h6-22H,2H2,1,3-5H3/b28-6-,31-24+. The monoisotopic (exact) mass is 449 g/mol. The Bertz CT molecular complexity index is 1080. The molecule has 0 aromatic heterocycles. The van der Waals surface area contributed by atoms with Crippen LogP contribution in [-0.2, 0) is 5.54 Å². The smallest absolute Gasteiger partial charge is 0.131 e. The number of hydrogen-bond acceptors (Lipinski definition) is 4. The average Bonchev–Trinajstić information content (AvgIpc) is 2.89.